The number of allylic oxidation sites excluding steroid dienone is 2. The van der Waals surface area contributed by atoms with Gasteiger partial charge in [0.25, 0.3) is 0 Å². The van der Waals surface area contributed by atoms with E-state index in [1.54, 1.807) is 0 Å². The minimum Gasteiger partial charge on any atom is -0.103 e. The number of hydrogen-bond donors (Lipinski definition) is 0. The molecular weight excluding hydrogens is 156 g/mol. The Morgan fingerprint density at radius 3 is 2.69 bits per heavy atom. The lowest BCUT2D eigenvalue weighted by atomic mass is 9.96. The highest BCUT2D eigenvalue weighted by molar-refractivity contribution is 5.65. The van der Waals surface area contributed by atoms with E-state index in [9.17, 15) is 0 Å². The largest absolute Gasteiger partial charge is 0.103 e. The summed E-state index contributed by atoms with van der Waals surface area (Å²) in [6.45, 7) is 11.9. The lowest BCUT2D eigenvalue weighted by Gasteiger charge is -2.09. The Labute approximate surface area is 80.6 Å². The zero-order valence-electron chi connectivity index (χ0n) is 8.43. The summed E-state index contributed by atoms with van der Waals surface area (Å²) in [5.41, 5.74) is 5.06. The van der Waals surface area contributed by atoms with E-state index in [0.29, 0.717) is 0 Å². The van der Waals surface area contributed by atoms with Crippen molar-refractivity contribution in [1.29, 1.82) is 0 Å². The molecular formula is C13H16. The second kappa shape index (κ2) is 4.08. The van der Waals surface area contributed by atoms with E-state index in [4.69, 9.17) is 0 Å². The van der Waals surface area contributed by atoms with E-state index in [2.05, 4.69) is 38.3 Å². The summed E-state index contributed by atoms with van der Waals surface area (Å²) in [7, 11) is 0. The summed E-state index contributed by atoms with van der Waals surface area (Å²) < 4.78 is 0. The molecule has 0 heteroatoms. The van der Waals surface area contributed by atoms with Gasteiger partial charge in [0.1, 0.15) is 0 Å². The molecule has 0 fully saturated rings. The van der Waals surface area contributed by atoms with Crippen LogP contribution in [0.15, 0.2) is 37.4 Å². The third-order valence-electron chi connectivity index (χ3n) is 2.27. The summed E-state index contributed by atoms with van der Waals surface area (Å²) in [6, 6.07) is 6.34. The van der Waals surface area contributed by atoms with Crippen LogP contribution in [-0.2, 0) is 6.42 Å². The second-order valence-electron chi connectivity index (χ2n) is 3.36. The monoisotopic (exact) mass is 172 g/mol. The fourth-order valence-corrected chi connectivity index (χ4v) is 1.52. The number of rotatable bonds is 3. The Hall–Kier alpha value is -1.30. The fraction of sp³-hybridized carbons (Fsp3) is 0.231. The number of hydrogen-bond acceptors (Lipinski definition) is 0. The maximum Gasteiger partial charge on any atom is -0.00973 e. The van der Waals surface area contributed by atoms with Crippen LogP contribution < -0.4 is 0 Å². The van der Waals surface area contributed by atoms with Gasteiger partial charge in [0.05, 0.1) is 0 Å². The molecule has 68 valence electrons. The van der Waals surface area contributed by atoms with Crippen LogP contribution in [0.25, 0.3) is 5.57 Å². The van der Waals surface area contributed by atoms with Crippen LogP contribution >= 0.6 is 0 Å². The molecule has 0 spiro atoms. The predicted octanol–water partition coefficient (Wildman–Crippen LogP) is 3.76. The van der Waals surface area contributed by atoms with Crippen molar-refractivity contribution in [1.82, 2.24) is 0 Å². The standard InChI is InChI=1S/C13H16/c1-5-7-12-8-6-9-13(10(2)3)11(12)4/h5-6,8-9H,1-2,7H2,3-4H3. The molecule has 0 N–H and O–H groups in total. The van der Waals surface area contributed by atoms with Crippen molar-refractivity contribution in [2.45, 2.75) is 20.3 Å². The Bertz CT molecular complexity index is 332. The molecule has 0 saturated heterocycles. The van der Waals surface area contributed by atoms with Gasteiger partial charge < -0.3 is 0 Å². The normalized spacial score (nSPS) is 9.69. The van der Waals surface area contributed by atoms with Crippen LogP contribution in [0.5, 0.6) is 0 Å². The zero-order chi connectivity index (χ0) is 9.84. The molecule has 0 saturated carbocycles. The van der Waals surface area contributed by atoms with Crippen molar-refractivity contribution in [3.63, 3.8) is 0 Å². The van der Waals surface area contributed by atoms with Gasteiger partial charge in [-0.3, -0.25) is 0 Å². The van der Waals surface area contributed by atoms with E-state index >= 15 is 0 Å². The Balaban J connectivity index is 3.17. The number of benzene rings is 1. The van der Waals surface area contributed by atoms with Crippen molar-refractivity contribution in [2.24, 2.45) is 0 Å². The van der Waals surface area contributed by atoms with Gasteiger partial charge in [-0.1, -0.05) is 36.4 Å². The van der Waals surface area contributed by atoms with Gasteiger partial charge in [0, 0.05) is 0 Å². The van der Waals surface area contributed by atoms with Gasteiger partial charge in [0.2, 0.25) is 0 Å². The molecule has 0 aliphatic carbocycles. The summed E-state index contributed by atoms with van der Waals surface area (Å²) >= 11 is 0. The summed E-state index contributed by atoms with van der Waals surface area (Å²) in [4.78, 5) is 0. The topological polar surface area (TPSA) is 0 Å². The van der Waals surface area contributed by atoms with Gasteiger partial charge >= 0.3 is 0 Å². The molecule has 0 aliphatic heterocycles. The van der Waals surface area contributed by atoms with Crippen LogP contribution in [0, 0.1) is 6.92 Å². The van der Waals surface area contributed by atoms with Crippen molar-refractivity contribution in [3.05, 3.63) is 54.1 Å². The molecule has 0 unspecified atom stereocenters. The lowest BCUT2D eigenvalue weighted by Crippen LogP contribution is -1.91. The van der Waals surface area contributed by atoms with Crippen LogP contribution in [-0.4, -0.2) is 0 Å². The van der Waals surface area contributed by atoms with Gasteiger partial charge in [-0.05, 0) is 37.0 Å². The van der Waals surface area contributed by atoms with Crippen molar-refractivity contribution in [3.8, 4) is 0 Å². The van der Waals surface area contributed by atoms with E-state index in [1.807, 2.05) is 13.0 Å². The van der Waals surface area contributed by atoms with Gasteiger partial charge in [0.15, 0.2) is 0 Å². The molecule has 0 radical (unpaired) electrons. The molecule has 1 aromatic rings. The Morgan fingerprint density at radius 1 is 1.46 bits per heavy atom. The van der Waals surface area contributed by atoms with E-state index < -0.39 is 0 Å². The highest BCUT2D eigenvalue weighted by Crippen LogP contribution is 2.20. The average molecular weight is 172 g/mol. The molecule has 0 heterocycles. The van der Waals surface area contributed by atoms with E-state index in [-0.39, 0.29) is 0 Å². The summed E-state index contributed by atoms with van der Waals surface area (Å²) in [6.07, 6.45) is 2.87. The van der Waals surface area contributed by atoms with Crippen LogP contribution in [0.2, 0.25) is 0 Å². The highest BCUT2D eigenvalue weighted by Gasteiger charge is 2.02. The molecule has 0 amide bonds. The Morgan fingerprint density at radius 2 is 2.15 bits per heavy atom. The molecule has 0 nitrogen and oxygen atoms in total. The SMILES string of the molecule is C=CCc1cccc(C(=C)C)c1C. The quantitative estimate of drug-likeness (QED) is 0.609. The van der Waals surface area contributed by atoms with Crippen LogP contribution in [0.1, 0.15) is 23.6 Å². The first kappa shape index (κ1) is 9.79. The lowest BCUT2D eigenvalue weighted by molar-refractivity contribution is 1.20. The van der Waals surface area contributed by atoms with Gasteiger partial charge in [-0.2, -0.15) is 0 Å². The van der Waals surface area contributed by atoms with Crippen molar-refractivity contribution >= 4 is 5.57 Å². The van der Waals surface area contributed by atoms with E-state index in [0.717, 1.165) is 12.0 Å². The van der Waals surface area contributed by atoms with Crippen LogP contribution in [0.3, 0.4) is 0 Å². The smallest absolute Gasteiger partial charge is 0.00973 e. The van der Waals surface area contributed by atoms with Gasteiger partial charge in [-0.15, -0.1) is 6.58 Å². The molecule has 0 aromatic heterocycles. The molecule has 1 aromatic carbocycles. The van der Waals surface area contributed by atoms with Crippen molar-refractivity contribution in [2.75, 3.05) is 0 Å². The molecule has 0 bridgehead atoms. The maximum absolute atomic E-state index is 3.96. The minimum atomic E-state index is 0.937. The van der Waals surface area contributed by atoms with Crippen LogP contribution in [0.4, 0.5) is 0 Å². The molecule has 0 atom stereocenters. The molecule has 0 aliphatic rings. The average Bonchev–Trinajstić information content (AvgIpc) is 2.08. The van der Waals surface area contributed by atoms with E-state index in [1.165, 1.54) is 16.7 Å². The summed E-state index contributed by atoms with van der Waals surface area (Å²) in [5.74, 6) is 0. The Kier molecular flexibility index (Phi) is 3.07. The second-order valence-corrected chi connectivity index (χ2v) is 3.36. The highest BCUT2D eigenvalue weighted by atomic mass is 14.1. The third kappa shape index (κ3) is 2.09. The zero-order valence-corrected chi connectivity index (χ0v) is 8.43. The first-order valence-electron chi connectivity index (χ1n) is 4.52. The first-order valence-corrected chi connectivity index (χ1v) is 4.52. The maximum atomic E-state index is 3.96. The van der Waals surface area contributed by atoms with Crippen molar-refractivity contribution < 1.29 is 0 Å². The predicted molar refractivity (Wildman–Crippen MR) is 59.8 cm³/mol. The first-order chi connectivity index (χ1) is 6.16. The summed E-state index contributed by atoms with van der Waals surface area (Å²) in [5, 5.41) is 0. The molecule has 1 rings (SSSR count). The minimum absolute atomic E-state index is 0.937. The third-order valence-corrected chi connectivity index (χ3v) is 2.27. The van der Waals surface area contributed by atoms with Gasteiger partial charge in [-0.25, -0.2) is 0 Å². The fourth-order valence-electron chi connectivity index (χ4n) is 1.52. The molecule has 13 heavy (non-hydrogen) atoms.